The van der Waals surface area contributed by atoms with Crippen molar-refractivity contribution in [2.75, 3.05) is 33.1 Å². The summed E-state index contributed by atoms with van der Waals surface area (Å²) >= 11 is 0. The highest BCUT2D eigenvalue weighted by molar-refractivity contribution is 5.96. The van der Waals surface area contributed by atoms with E-state index in [1.165, 1.54) is 12.1 Å². The van der Waals surface area contributed by atoms with Crippen LogP contribution >= 0.6 is 0 Å². The number of nitrogens with zero attached hydrogens (tertiary/aromatic N) is 2. The quantitative estimate of drug-likeness (QED) is 0.653. The van der Waals surface area contributed by atoms with E-state index in [0.717, 1.165) is 33.8 Å². The second-order valence-corrected chi connectivity index (χ2v) is 7.30. The van der Waals surface area contributed by atoms with Gasteiger partial charge in [0, 0.05) is 18.3 Å². The van der Waals surface area contributed by atoms with Crippen molar-refractivity contribution < 1.29 is 13.9 Å². The third-order valence-corrected chi connectivity index (χ3v) is 4.63. The first-order valence-electron chi connectivity index (χ1n) is 9.40. The monoisotopic (exact) mass is 395 g/mol. The van der Waals surface area contributed by atoms with E-state index in [1.54, 1.807) is 19.2 Å². The summed E-state index contributed by atoms with van der Waals surface area (Å²) in [6.45, 7) is 2.82. The number of methoxy groups -OCH3 is 1. The highest BCUT2D eigenvalue weighted by Crippen LogP contribution is 2.35. The van der Waals surface area contributed by atoms with Crippen molar-refractivity contribution >= 4 is 11.7 Å². The lowest BCUT2D eigenvalue weighted by molar-refractivity contribution is -0.116. The van der Waals surface area contributed by atoms with Crippen LogP contribution in [0.1, 0.15) is 11.1 Å². The van der Waals surface area contributed by atoms with Gasteiger partial charge in [-0.25, -0.2) is 4.39 Å². The minimum absolute atomic E-state index is 0.0942. The maximum atomic E-state index is 13.3. The van der Waals surface area contributed by atoms with Gasteiger partial charge in [0.1, 0.15) is 17.4 Å². The van der Waals surface area contributed by atoms with Gasteiger partial charge in [-0.3, -0.25) is 4.79 Å². The molecule has 2 aromatic carbocycles. The second kappa shape index (κ2) is 8.92. The number of nitrogens with one attached hydrogen (secondary N) is 1. The fourth-order valence-electron chi connectivity index (χ4n) is 3.32. The maximum absolute atomic E-state index is 13.3. The smallest absolute Gasteiger partial charge is 0.239 e. The minimum Gasteiger partial charge on any atom is -0.497 e. The molecule has 0 radical (unpaired) electrons. The van der Waals surface area contributed by atoms with Gasteiger partial charge >= 0.3 is 0 Å². The molecule has 1 aromatic heterocycles. The number of ether oxygens (including phenoxy) is 1. The summed E-state index contributed by atoms with van der Waals surface area (Å²) in [6.07, 6.45) is 2.01. The highest BCUT2D eigenvalue weighted by atomic mass is 19.1. The van der Waals surface area contributed by atoms with E-state index in [1.807, 2.05) is 60.9 Å². The van der Waals surface area contributed by atoms with E-state index < -0.39 is 0 Å². The van der Waals surface area contributed by atoms with E-state index in [-0.39, 0.29) is 18.3 Å². The predicted molar refractivity (Wildman–Crippen MR) is 114 cm³/mol. The fourth-order valence-corrected chi connectivity index (χ4v) is 3.32. The minimum atomic E-state index is -0.268. The maximum Gasteiger partial charge on any atom is 0.239 e. The van der Waals surface area contributed by atoms with E-state index >= 15 is 0 Å². The Morgan fingerprint density at radius 2 is 1.76 bits per heavy atom. The zero-order valence-electron chi connectivity index (χ0n) is 17.2. The number of rotatable bonds is 7. The van der Waals surface area contributed by atoms with E-state index in [2.05, 4.69) is 5.32 Å². The van der Waals surface area contributed by atoms with Crippen molar-refractivity contribution in [2.24, 2.45) is 0 Å². The van der Waals surface area contributed by atoms with Crippen molar-refractivity contribution in [3.8, 4) is 16.9 Å². The summed E-state index contributed by atoms with van der Waals surface area (Å²) in [6, 6.07) is 14.2. The van der Waals surface area contributed by atoms with Crippen LogP contribution in [0.25, 0.3) is 11.1 Å². The first-order valence-corrected chi connectivity index (χ1v) is 9.40. The molecule has 1 heterocycles. The zero-order valence-corrected chi connectivity index (χ0v) is 17.2. The number of benzene rings is 2. The van der Waals surface area contributed by atoms with Crippen LogP contribution < -0.4 is 10.1 Å². The van der Waals surface area contributed by atoms with Gasteiger partial charge in [-0.2, -0.15) is 0 Å². The van der Waals surface area contributed by atoms with E-state index in [4.69, 9.17) is 4.74 Å². The fraction of sp³-hybridized carbons (Fsp3) is 0.261. The Bertz CT molecular complexity index is 977. The molecule has 3 aromatic rings. The second-order valence-electron chi connectivity index (χ2n) is 7.30. The molecule has 0 spiro atoms. The van der Waals surface area contributed by atoms with Gasteiger partial charge in [-0.05, 0) is 62.0 Å². The molecule has 0 fully saturated rings. The van der Waals surface area contributed by atoms with Crippen molar-refractivity contribution in [3.63, 3.8) is 0 Å². The molecule has 1 amide bonds. The molecule has 0 saturated carbocycles. The third kappa shape index (κ3) is 5.03. The molecule has 152 valence electrons. The first-order chi connectivity index (χ1) is 13.9. The molecule has 0 bridgehead atoms. The molecule has 6 heteroatoms. The summed E-state index contributed by atoms with van der Waals surface area (Å²) in [5, 5.41) is 3.07. The summed E-state index contributed by atoms with van der Waals surface area (Å²) < 4.78 is 20.5. The van der Waals surface area contributed by atoms with Gasteiger partial charge in [0.2, 0.25) is 5.91 Å². The summed E-state index contributed by atoms with van der Waals surface area (Å²) in [7, 11) is 5.34. The number of carbonyl (C=O) groups is 1. The molecule has 0 saturated heterocycles. The number of hydrogen-bond donors (Lipinski definition) is 1. The van der Waals surface area contributed by atoms with E-state index in [0.29, 0.717) is 6.54 Å². The Kier molecular flexibility index (Phi) is 6.34. The number of aryl methyl sites for hydroxylation is 1. The number of anilines is 1. The van der Waals surface area contributed by atoms with Crippen LogP contribution in [0.5, 0.6) is 5.75 Å². The number of carbonyl (C=O) groups excluding carboxylic acids is 1. The summed E-state index contributed by atoms with van der Waals surface area (Å²) in [5.41, 5.74) is 3.94. The zero-order chi connectivity index (χ0) is 21.0. The molecule has 0 atom stereocenters. The van der Waals surface area contributed by atoms with Crippen LogP contribution in [-0.4, -0.2) is 43.1 Å². The Morgan fingerprint density at radius 3 is 2.34 bits per heavy atom. The number of hydrogen-bond acceptors (Lipinski definition) is 3. The molecule has 3 rings (SSSR count). The van der Waals surface area contributed by atoms with Crippen LogP contribution in [0, 0.1) is 12.7 Å². The Labute approximate surface area is 170 Å². The lowest BCUT2D eigenvalue weighted by Gasteiger charge is -2.15. The first kappa shape index (κ1) is 20.6. The van der Waals surface area contributed by atoms with Gasteiger partial charge in [-0.15, -0.1) is 0 Å². The van der Waals surface area contributed by atoms with Gasteiger partial charge < -0.3 is 19.5 Å². The molecular formula is C23H26FN3O2. The van der Waals surface area contributed by atoms with Crippen molar-refractivity contribution in [1.29, 1.82) is 0 Å². The molecule has 0 aliphatic rings. The van der Waals surface area contributed by atoms with Crippen LogP contribution in [-0.2, 0) is 11.3 Å². The van der Waals surface area contributed by atoms with Crippen molar-refractivity contribution in [1.82, 2.24) is 9.47 Å². The third-order valence-electron chi connectivity index (χ3n) is 4.63. The average Bonchev–Trinajstić information content (AvgIpc) is 2.97. The van der Waals surface area contributed by atoms with Crippen LogP contribution in [0.4, 0.5) is 10.2 Å². The Hall–Kier alpha value is -3.12. The molecule has 29 heavy (non-hydrogen) atoms. The standard InChI is InChI=1S/C23H26FN3O2/c1-16-13-27(14-17-5-9-19(24)10-6-17)23(25-21(28)15-26(2)3)22(16)18-7-11-20(29-4)12-8-18/h5-13H,14-15H2,1-4H3,(H,25,28). The molecule has 0 aliphatic heterocycles. The molecule has 1 N–H and O–H groups in total. The Morgan fingerprint density at radius 1 is 1.10 bits per heavy atom. The Balaban J connectivity index is 2.02. The highest BCUT2D eigenvalue weighted by Gasteiger charge is 2.18. The topological polar surface area (TPSA) is 46.5 Å². The van der Waals surface area contributed by atoms with Gasteiger partial charge in [-0.1, -0.05) is 24.3 Å². The van der Waals surface area contributed by atoms with Gasteiger partial charge in [0.05, 0.1) is 13.7 Å². The van der Waals surface area contributed by atoms with Crippen LogP contribution in [0.15, 0.2) is 54.7 Å². The lowest BCUT2D eigenvalue weighted by atomic mass is 10.0. The van der Waals surface area contributed by atoms with Crippen LogP contribution in [0.3, 0.4) is 0 Å². The van der Waals surface area contributed by atoms with Gasteiger partial charge in [0.25, 0.3) is 0 Å². The molecule has 0 aliphatic carbocycles. The van der Waals surface area contributed by atoms with Gasteiger partial charge in [0.15, 0.2) is 0 Å². The molecule has 5 nitrogen and oxygen atoms in total. The van der Waals surface area contributed by atoms with Crippen LogP contribution in [0.2, 0.25) is 0 Å². The number of likely N-dealkylation sites (N-methyl/N-ethyl adjacent to an activating group) is 1. The molecule has 0 unspecified atom stereocenters. The largest absolute Gasteiger partial charge is 0.497 e. The predicted octanol–water partition coefficient (Wildman–Crippen LogP) is 4.16. The molecular weight excluding hydrogens is 369 g/mol. The van der Waals surface area contributed by atoms with Crippen molar-refractivity contribution in [3.05, 3.63) is 71.7 Å². The number of aromatic nitrogens is 1. The number of halogens is 1. The average molecular weight is 395 g/mol. The van der Waals surface area contributed by atoms with Crippen molar-refractivity contribution in [2.45, 2.75) is 13.5 Å². The summed E-state index contributed by atoms with van der Waals surface area (Å²) in [4.78, 5) is 14.4. The van der Waals surface area contributed by atoms with E-state index in [9.17, 15) is 9.18 Å². The lowest BCUT2D eigenvalue weighted by Crippen LogP contribution is -2.28. The number of amides is 1. The SMILES string of the molecule is COc1ccc(-c2c(C)cn(Cc3ccc(F)cc3)c2NC(=O)CN(C)C)cc1. The normalized spacial score (nSPS) is 11.0. The summed E-state index contributed by atoms with van der Waals surface area (Å²) in [5.74, 6) is 1.14.